The molecule has 0 fully saturated rings. The lowest BCUT2D eigenvalue weighted by Gasteiger charge is -2.17. The van der Waals surface area contributed by atoms with Gasteiger partial charge in [-0.1, -0.05) is 0 Å². The number of rotatable bonds is 2. The second kappa shape index (κ2) is 4.02. The molecule has 2 nitrogen and oxygen atoms in total. The molecule has 0 saturated heterocycles. The van der Waals surface area contributed by atoms with Crippen LogP contribution in [-0.4, -0.2) is 11.2 Å². The highest BCUT2D eigenvalue weighted by atomic mass is 19.1. The second-order valence-electron chi connectivity index (χ2n) is 3.37. The summed E-state index contributed by atoms with van der Waals surface area (Å²) in [5.41, 5.74) is 6.17. The van der Waals surface area contributed by atoms with Crippen LogP contribution in [0.5, 0.6) is 0 Å². The molecule has 0 saturated carbocycles. The monoisotopic (exact) mass is 201 g/mol. The van der Waals surface area contributed by atoms with Crippen LogP contribution in [0.3, 0.4) is 0 Å². The fourth-order valence-corrected chi connectivity index (χ4v) is 1.27. The Morgan fingerprint density at radius 3 is 2.43 bits per heavy atom. The van der Waals surface area contributed by atoms with E-state index in [1.54, 1.807) is 0 Å². The number of hydrogen-bond donors (Lipinski definition) is 2. The van der Waals surface area contributed by atoms with E-state index in [9.17, 15) is 13.9 Å². The van der Waals surface area contributed by atoms with Gasteiger partial charge in [0.25, 0.3) is 0 Å². The Balaban J connectivity index is 3.20. The first-order valence-electron chi connectivity index (χ1n) is 4.32. The molecular weight excluding hydrogens is 188 g/mol. The number of benzene rings is 1. The topological polar surface area (TPSA) is 46.2 Å². The molecule has 0 radical (unpaired) electrons. The fraction of sp³-hybridized carbons (Fsp3) is 0.400. The minimum absolute atomic E-state index is 0.278. The van der Waals surface area contributed by atoms with Gasteiger partial charge in [-0.15, -0.1) is 0 Å². The first kappa shape index (κ1) is 11.1. The first-order valence-corrected chi connectivity index (χ1v) is 4.32. The van der Waals surface area contributed by atoms with Crippen LogP contribution in [0.4, 0.5) is 8.78 Å². The Bertz CT molecular complexity index is 339. The average Bonchev–Trinajstić information content (AvgIpc) is 2.09. The largest absolute Gasteiger partial charge is 0.391 e. The molecule has 0 spiro atoms. The number of halogens is 2. The predicted molar refractivity (Wildman–Crippen MR) is 49.7 cm³/mol. The summed E-state index contributed by atoms with van der Waals surface area (Å²) in [5, 5.41) is 9.21. The van der Waals surface area contributed by atoms with Crippen molar-refractivity contribution in [1.29, 1.82) is 0 Å². The maximum Gasteiger partial charge on any atom is 0.129 e. The van der Waals surface area contributed by atoms with Crippen molar-refractivity contribution in [1.82, 2.24) is 0 Å². The van der Waals surface area contributed by atoms with E-state index >= 15 is 0 Å². The third-order valence-corrected chi connectivity index (χ3v) is 2.23. The number of hydrogen-bond acceptors (Lipinski definition) is 2. The van der Waals surface area contributed by atoms with Gasteiger partial charge in [0, 0.05) is 6.07 Å². The van der Waals surface area contributed by atoms with Crippen molar-refractivity contribution >= 4 is 0 Å². The van der Waals surface area contributed by atoms with Gasteiger partial charge in [-0.25, -0.2) is 8.78 Å². The normalized spacial score (nSPS) is 15.3. The highest BCUT2D eigenvalue weighted by Gasteiger charge is 2.17. The van der Waals surface area contributed by atoms with Gasteiger partial charge in [-0.05, 0) is 31.0 Å². The third kappa shape index (κ3) is 2.08. The van der Waals surface area contributed by atoms with E-state index in [4.69, 9.17) is 5.73 Å². The van der Waals surface area contributed by atoms with Crippen LogP contribution in [0.15, 0.2) is 12.1 Å². The van der Waals surface area contributed by atoms with Crippen molar-refractivity contribution in [2.45, 2.75) is 26.0 Å². The van der Waals surface area contributed by atoms with Gasteiger partial charge >= 0.3 is 0 Å². The lowest BCUT2D eigenvalue weighted by Crippen LogP contribution is -2.24. The first-order chi connectivity index (χ1) is 6.43. The van der Waals surface area contributed by atoms with Gasteiger partial charge in [-0.2, -0.15) is 0 Å². The quantitative estimate of drug-likeness (QED) is 0.764. The number of aliphatic hydroxyl groups is 1. The molecule has 3 N–H and O–H groups in total. The SMILES string of the molecule is Cc1c(F)cc(F)cc1[C@H](N)[C@@H](C)O. The maximum atomic E-state index is 13.1. The maximum absolute atomic E-state index is 13.1. The second-order valence-corrected chi connectivity index (χ2v) is 3.37. The molecule has 1 rings (SSSR count). The Morgan fingerprint density at radius 2 is 1.93 bits per heavy atom. The molecule has 4 heteroatoms. The molecule has 0 unspecified atom stereocenters. The molecule has 0 aliphatic carbocycles. The molecule has 0 aromatic heterocycles. The van der Waals surface area contributed by atoms with Crippen LogP contribution < -0.4 is 5.73 Å². The molecule has 1 aromatic carbocycles. The Hall–Kier alpha value is -1.00. The Labute approximate surface area is 81.4 Å². The van der Waals surface area contributed by atoms with E-state index in [0.29, 0.717) is 5.56 Å². The summed E-state index contributed by atoms with van der Waals surface area (Å²) in [6.07, 6.45) is -0.838. The van der Waals surface area contributed by atoms with Crippen LogP contribution >= 0.6 is 0 Å². The molecule has 0 bridgehead atoms. The van der Waals surface area contributed by atoms with Gasteiger partial charge in [0.2, 0.25) is 0 Å². The zero-order valence-electron chi connectivity index (χ0n) is 8.09. The average molecular weight is 201 g/mol. The van der Waals surface area contributed by atoms with Crippen molar-refractivity contribution in [3.05, 3.63) is 34.9 Å². The van der Waals surface area contributed by atoms with Crippen LogP contribution in [-0.2, 0) is 0 Å². The smallest absolute Gasteiger partial charge is 0.129 e. The minimum Gasteiger partial charge on any atom is -0.391 e. The third-order valence-electron chi connectivity index (χ3n) is 2.23. The lowest BCUT2D eigenvalue weighted by atomic mass is 9.98. The van der Waals surface area contributed by atoms with Crippen LogP contribution in [0, 0.1) is 18.6 Å². The summed E-state index contributed by atoms with van der Waals surface area (Å²) < 4.78 is 25.9. The summed E-state index contributed by atoms with van der Waals surface area (Å²) in [4.78, 5) is 0. The predicted octanol–water partition coefficient (Wildman–Crippen LogP) is 1.65. The van der Waals surface area contributed by atoms with Gasteiger partial charge in [0.15, 0.2) is 0 Å². The van der Waals surface area contributed by atoms with Crippen LogP contribution in [0.1, 0.15) is 24.1 Å². The van der Waals surface area contributed by atoms with Crippen molar-refractivity contribution < 1.29 is 13.9 Å². The summed E-state index contributed by atoms with van der Waals surface area (Å²) in [6.45, 7) is 2.99. The van der Waals surface area contributed by atoms with Crippen molar-refractivity contribution in [2.75, 3.05) is 0 Å². The zero-order chi connectivity index (χ0) is 10.9. The van der Waals surface area contributed by atoms with Crippen molar-refractivity contribution in [3.8, 4) is 0 Å². The number of nitrogens with two attached hydrogens (primary N) is 1. The van der Waals surface area contributed by atoms with Crippen LogP contribution in [0.2, 0.25) is 0 Å². The van der Waals surface area contributed by atoms with E-state index in [1.807, 2.05) is 0 Å². The standard InChI is InChI=1S/C10H13F2NO/c1-5-8(10(13)6(2)14)3-7(11)4-9(5)12/h3-4,6,10,14H,13H2,1-2H3/t6-,10-/m1/s1. The summed E-state index contributed by atoms with van der Waals surface area (Å²) in [6, 6.07) is 1.18. The van der Waals surface area contributed by atoms with Crippen LogP contribution in [0.25, 0.3) is 0 Å². The van der Waals surface area contributed by atoms with E-state index in [2.05, 4.69) is 0 Å². The lowest BCUT2D eigenvalue weighted by molar-refractivity contribution is 0.163. The zero-order valence-corrected chi connectivity index (χ0v) is 8.09. The fourth-order valence-electron chi connectivity index (χ4n) is 1.27. The van der Waals surface area contributed by atoms with E-state index in [1.165, 1.54) is 13.8 Å². The highest BCUT2D eigenvalue weighted by molar-refractivity contribution is 5.31. The van der Waals surface area contributed by atoms with E-state index in [0.717, 1.165) is 12.1 Å². The Kier molecular flexibility index (Phi) is 3.18. The molecule has 14 heavy (non-hydrogen) atoms. The molecular formula is C10H13F2NO. The summed E-state index contributed by atoms with van der Waals surface area (Å²) in [7, 11) is 0. The molecule has 0 amide bonds. The molecule has 1 aromatic rings. The highest BCUT2D eigenvalue weighted by Crippen LogP contribution is 2.22. The summed E-state index contributed by atoms with van der Waals surface area (Å²) in [5.74, 6) is -1.32. The van der Waals surface area contributed by atoms with Crippen molar-refractivity contribution in [2.24, 2.45) is 5.73 Å². The molecule has 0 aliphatic heterocycles. The number of aliphatic hydroxyl groups excluding tert-OH is 1. The van der Waals surface area contributed by atoms with Gasteiger partial charge in [-0.3, -0.25) is 0 Å². The molecule has 2 atom stereocenters. The molecule has 78 valence electrons. The van der Waals surface area contributed by atoms with Gasteiger partial charge < -0.3 is 10.8 Å². The van der Waals surface area contributed by atoms with Gasteiger partial charge in [0.05, 0.1) is 12.1 Å². The van der Waals surface area contributed by atoms with E-state index in [-0.39, 0.29) is 5.56 Å². The Morgan fingerprint density at radius 1 is 1.36 bits per heavy atom. The van der Waals surface area contributed by atoms with Crippen molar-refractivity contribution in [3.63, 3.8) is 0 Å². The van der Waals surface area contributed by atoms with E-state index < -0.39 is 23.8 Å². The van der Waals surface area contributed by atoms with Gasteiger partial charge in [0.1, 0.15) is 11.6 Å². The molecule has 0 heterocycles. The summed E-state index contributed by atoms with van der Waals surface area (Å²) >= 11 is 0. The minimum atomic E-state index is -0.838. The molecule has 0 aliphatic rings.